The van der Waals surface area contributed by atoms with E-state index >= 15 is 0 Å². The maximum atomic E-state index is 6.02. The number of nitrogens with zero attached hydrogens (tertiary/aromatic N) is 1. The third-order valence-electron chi connectivity index (χ3n) is 3.03. The van der Waals surface area contributed by atoms with Gasteiger partial charge in [0.05, 0.1) is 5.69 Å². The second-order valence-electron chi connectivity index (χ2n) is 4.40. The molecule has 0 saturated carbocycles. The summed E-state index contributed by atoms with van der Waals surface area (Å²) in [7, 11) is 0. The van der Waals surface area contributed by atoms with E-state index in [-0.39, 0.29) is 0 Å². The van der Waals surface area contributed by atoms with Crippen LogP contribution in [-0.4, -0.2) is 4.98 Å². The highest BCUT2D eigenvalue weighted by Gasteiger charge is 2.06. The molecular formula is C15H18N2S. The number of aromatic nitrogens is 1. The first-order chi connectivity index (χ1) is 8.68. The quantitative estimate of drug-likeness (QED) is 0.908. The third kappa shape index (κ3) is 3.05. The van der Waals surface area contributed by atoms with Crippen LogP contribution in [0, 0.1) is 13.8 Å². The van der Waals surface area contributed by atoms with Crippen LogP contribution in [0.1, 0.15) is 22.4 Å². The van der Waals surface area contributed by atoms with E-state index in [1.165, 1.54) is 5.56 Å². The molecule has 2 aromatic rings. The van der Waals surface area contributed by atoms with Crippen LogP contribution in [-0.2, 0) is 11.5 Å². The van der Waals surface area contributed by atoms with Crippen molar-refractivity contribution in [2.75, 3.05) is 5.73 Å². The minimum Gasteiger partial charge on any atom is -0.398 e. The van der Waals surface area contributed by atoms with Gasteiger partial charge < -0.3 is 5.73 Å². The Morgan fingerprint density at radius 2 is 1.83 bits per heavy atom. The van der Waals surface area contributed by atoms with Crippen LogP contribution in [0.3, 0.4) is 0 Å². The van der Waals surface area contributed by atoms with Crippen molar-refractivity contribution in [2.45, 2.75) is 25.4 Å². The highest BCUT2D eigenvalue weighted by Crippen LogP contribution is 2.23. The zero-order valence-corrected chi connectivity index (χ0v) is 11.6. The summed E-state index contributed by atoms with van der Waals surface area (Å²) in [6.45, 7) is 4.05. The molecule has 0 radical (unpaired) electrons. The molecule has 0 spiro atoms. The van der Waals surface area contributed by atoms with Crippen LogP contribution < -0.4 is 5.73 Å². The first-order valence-electron chi connectivity index (χ1n) is 6.00. The summed E-state index contributed by atoms with van der Waals surface area (Å²) in [5, 5.41) is 0. The Morgan fingerprint density at radius 3 is 2.56 bits per heavy atom. The number of rotatable bonds is 4. The lowest BCUT2D eigenvalue weighted by atomic mass is 10.1. The molecule has 2 nitrogen and oxygen atoms in total. The molecule has 1 aromatic carbocycles. The summed E-state index contributed by atoms with van der Waals surface area (Å²) >= 11 is 1.87. The molecule has 18 heavy (non-hydrogen) atoms. The van der Waals surface area contributed by atoms with Crippen molar-refractivity contribution in [1.29, 1.82) is 0 Å². The smallest absolute Gasteiger partial charge is 0.0552 e. The number of nitrogen functional groups attached to an aromatic ring is 1. The Bertz CT molecular complexity index is 524. The molecule has 94 valence electrons. The molecule has 1 aromatic heterocycles. The molecule has 3 heteroatoms. The molecule has 0 amide bonds. The summed E-state index contributed by atoms with van der Waals surface area (Å²) in [6, 6.07) is 10.5. The van der Waals surface area contributed by atoms with Crippen molar-refractivity contribution in [3.63, 3.8) is 0 Å². The summed E-state index contributed by atoms with van der Waals surface area (Å²) in [5.41, 5.74) is 11.5. The number of thioether (sulfide) groups is 1. The van der Waals surface area contributed by atoms with Crippen molar-refractivity contribution < 1.29 is 0 Å². The van der Waals surface area contributed by atoms with Crippen LogP contribution in [0.15, 0.2) is 36.5 Å². The first-order valence-corrected chi connectivity index (χ1v) is 7.16. The van der Waals surface area contributed by atoms with Gasteiger partial charge in [-0.1, -0.05) is 30.3 Å². The minimum atomic E-state index is 0.875. The number of pyridine rings is 1. The standard InChI is InChI=1S/C15H18N2S/c1-11-8-17-14(12(2)15(11)16)10-18-9-13-6-4-3-5-7-13/h3-8H,9-10H2,1-2H3,(H2,16,17). The van der Waals surface area contributed by atoms with Crippen molar-refractivity contribution in [2.24, 2.45) is 0 Å². The van der Waals surface area contributed by atoms with Crippen LogP contribution in [0.5, 0.6) is 0 Å². The average Bonchev–Trinajstić information content (AvgIpc) is 2.40. The molecule has 0 saturated heterocycles. The lowest BCUT2D eigenvalue weighted by Crippen LogP contribution is -2.00. The molecule has 0 aliphatic carbocycles. The Kier molecular flexibility index (Phi) is 4.26. The van der Waals surface area contributed by atoms with Crippen LogP contribution in [0.2, 0.25) is 0 Å². The molecular weight excluding hydrogens is 240 g/mol. The highest BCUT2D eigenvalue weighted by molar-refractivity contribution is 7.97. The van der Waals surface area contributed by atoms with E-state index in [0.29, 0.717) is 0 Å². The SMILES string of the molecule is Cc1cnc(CSCc2ccccc2)c(C)c1N. The van der Waals surface area contributed by atoms with E-state index in [9.17, 15) is 0 Å². The fraction of sp³-hybridized carbons (Fsp3) is 0.267. The van der Waals surface area contributed by atoms with E-state index in [4.69, 9.17) is 5.73 Å². The summed E-state index contributed by atoms with van der Waals surface area (Å²) in [4.78, 5) is 4.47. The van der Waals surface area contributed by atoms with Crippen LogP contribution >= 0.6 is 11.8 Å². The van der Waals surface area contributed by atoms with Gasteiger partial charge in [0.25, 0.3) is 0 Å². The van der Waals surface area contributed by atoms with Gasteiger partial charge in [0.1, 0.15) is 0 Å². The Labute approximate surface area is 113 Å². The molecule has 0 aliphatic rings. The van der Waals surface area contributed by atoms with Crippen LogP contribution in [0.25, 0.3) is 0 Å². The third-order valence-corrected chi connectivity index (χ3v) is 4.04. The van der Waals surface area contributed by atoms with Gasteiger partial charge >= 0.3 is 0 Å². The van der Waals surface area contributed by atoms with Gasteiger partial charge in [-0.05, 0) is 30.5 Å². The van der Waals surface area contributed by atoms with Gasteiger partial charge in [0.15, 0.2) is 0 Å². The number of hydrogen-bond acceptors (Lipinski definition) is 3. The Balaban J connectivity index is 1.97. The molecule has 0 atom stereocenters. The Hall–Kier alpha value is -1.48. The zero-order valence-electron chi connectivity index (χ0n) is 10.8. The van der Waals surface area contributed by atoms with Crippen molar-refractivity contribution in [3.05, 3.63) is 58.9 Å². The Morgan fingerprint density at radius 1 is 1.11 bits per heavy atom. The first kappa shape index (κ1) is 13.0. The average molecular weight is 258 g/mol. The summed E-state index contributed by atoms with van der Waals surface area (Å²) in [6.07, 6.45) is 1.86. The predicted octanol–water partition coefficient (Wildman–Crippen LogP) is 3.71. The number of hydrogen-bond donors (Lipinski definition) is 1. The summed E-state index contributed by atoms with van der Waals surface area (Å²) < 4.78 is 0. The van der Waals surface area contributed by atoms with Crippen LogP contribution in [0.4, 0.5) is 5.69 Å². The van der Waals surface area contributed by atoms with Gasteiger partial charge in [-0.2, -0.15) is 11.8 Å². The van der Waals surface area contributed by atoms with E-state index in [2.05, 4.69) is 29.2 Å². The number of anilines is 1. The number of aryl methyl sites for hydroxylation is 1. The molecule has 2 N–H and O–H groups in total. The molecule has 2 rings (SSSR count). The summed E-state index contributed by atoms with van der Waals surface area (Å²) in [5.74, 6) is 1.92. The topological polar surface area (TPSA) is 38.9 Å². The molecule has 0 aliphatic heterocycles. The second-order valence-corrected chi connectivity index (χ2v) is 5.39. The normalized spacial score (nSPS) is 10.6. The second kappa shape index (κ2) is 5.91. The van der Waals surface area contributed by atoms with E-state index in [0.717, 1.165) is 34.0 Å². The molecule has 0 unspecified atom stereocenters. The fourth-order valence-corrected chi connectivity index (χ4v) is 2.79. The van der Waals surface area contributed by atoms with E-state index in [1.54, 1.807) is 0 Å². The van der Waals surface area contributed by atoms with Gasteiger partial charge in [0.2, 0.25) is 0 Å². The minimum absolute atomic E-state index is 0.875. The number of benzene rings is 1. The number of nitrogens with two attached hydrogens (primary N) is 1. The maximum Gasteiger partial charge on any atom is 0.0552 e. The van der Waals surface area contributed by atoms with Crippen molar-refractivity contribution in [3.8, 4) is 0 Å². The monoisotopic (exact) mass is 258 g/mol. The molecule has 0 fully saturated rings. The van der Waals surface area contributed by atoms with Crippen molar-refractivity contribution >= 4 is 17.4 Å². The largest absolute Gasteiger partial charge is 0.398 e. The van der Waals surface area contributed by atoms with Crippen molar-refractivity contribution in [1.82, 2.24) is 4.98 Å². The predicted molar refractivity (Wildman–Crippen MR) is 79.6 cm³/mol. The van der Waals surface area contributed by atoms with E-state index in [1.807, 2.05) is 37.9 Å². The molecule has 1 heterocycles. The maximum absolute atomic E-state index is 6.02. The zero-order chi connectivity index (χ0) is 13.0. The molecule has 0 bridgehead atoms. The van der Waals surface area contributed by atoms with E-state index < -0.39 is 0 Å². The lowest BCUT2D eigenvalue weighted by Gasteiger charge is -2.09. The van der Waals surface area contributed by atoms with Gasteiger partial charge in [-0.3, -0.25) is 4.98 Å². The van der Waals surface area contributed by atoms with Gasteiger partial charge in [-0.15, -0.1) is 0 Å². The lowest BCUT2D eigenvalue weighted by molar-refractivity contribution is 1.11. The highest BCUT2D eigenvalue weighted by atomic mass is 32.2. The van der Waals surface area contributed by atoms with Gasteiger partial charge in [-0.25, -0.2) is 0 Å². The van der Waals surface area contributed by atoms with Gasteiger partial charge in [0, 0.05) is 23.4 Å². The fourth-order valence-electron chi connectivity index (χ4n) is 1.78.